The first-order valence-corrected chi connectivity index (χ1v) is 6.93. The summed E-state index contributed by atoms with van der Waals surface area (Å²) >= 11 is 1.54. The van der Waals surface area contributed by atoms with E-state index in [1.165, 1.54) is 24.1 Å². The van der Waals surface area contributed by atoms with E-state index in [0.29, 0.717) is 6.54 Å². The van der Waals surface area contributed by atoms with Crippen molar-refractivity contribution in [3.8, 4) is 0 Å². The molecule has 1 saturated heterocycles. The van der Waals surface area contributed by atoms with E-state index in [-0.39, 0.29) is 5.91 Å². The van der Waals surface area contributed by atoms with Gasteiger partial charge >= 0.3 is 0 Å². The second kappa shape index (κ2) is 5.60. The van der Waals surface area contributed by atoms with Crippen LogP contribution in [0.15, 0.2) is 0 Å². The van der Waals surface area contributed by atoms with Gasteiger partial charge in [0, 0.05) is 4.88 Å². The molecule has 94 valence electrons. The van der Waals surface area contributed by atoms with Crippen molar-refractivity contribution in [2.45, 2.75) is 33.1 Å². The van der Waals surface area contributed by atoms with E-state index in [1.807, 2.05) is 13.8 Å². The van der Waals surface area contributed by atoms with Crippen molar-refractivity contribution in [1.29, 1.82) is 0 Å². The maximum Gasteiger partial charge on any atom is 0.240 e. The third kappa shape index (κ3) is 3.51. The molecule has 1 fully saturated rings. The van der Waals surface area contributed by atoms with Crippen LogP contribution in [0.3, 0.4) is 0 Å². The number of likely N-dealkylation sites (tertiary alicyclic amines) is 1. The molecule has 0 unspecified atom stereocenters. The molecule has 2 heterocycles. The molecule has 0 aliphatic carbocycles. The number of carbonyl (C=O) groups is 1. The number of thiazole rings is 1. The van der Waals surface area contributed by atoms with E-state index < -0.39 is 0 Å². The summed E-state index contributed by atoms with van der Waals surface area (Å²) in [5.74, 6) is 0.0562. The molecule has 0 spiro atoms. The zero-order chi connectivity index (χ0) is 12.3. The third-order valence-corrected chi connectivity index (χ3v) is 4.08. The number of anilines is 1. The first-order chi connectivity index (χ1) is 8.15. The normalized spacial score (nSPS) is 17.1. The lowest BCUT2D eigenvalue weighted by Gasteiger charge is -2.25. The van der Waals surface area contributed by atoms with Gasteiger partial charge in [0.15, 0.2) is 5.13 Å². The molecule has 17 heavy (non-hydrogen) atoms. The minimum absolute atomic E-state index is 0.0562. The summed E-state index contributed by atoms with van der Waals surface area (Å²) in [6.07, 6.45) is 3.72. The fourth-order valence-electron chi connectivity index (χ4n) is 2.01. The van der Waals surface area contributed by atoms with Crippen LogP contribution < -0.4 is 5.32 Å². The van der Waals surface area contributed by atoms with E-state index in [1.54, 1.807) is 11.3 Å². The third-order valence-electron chi connectivity index (χ3n) is 3.09. The number of piperidine rings is 1. The second-order valence-corrected chi connectivity index (χ2v) is 5.75. The first kappa shape index (κ1) is 12.5. The Balaban J connectivity index is 1.84. The molecule has 1 aliphatic rings. The summed E-state index contributed by atoms with van der Waals surface area (Å²) in [5, 5.41) is 3.60. The number of aromatic nitrogens is 1. The molecule has 0 saturated carbocycles. The molecule has 0 atom stereocenters. The topological polar surface area (TPSA) is 45.2 Å². The Morgan fingerprint density at radius 2 is 2.06 bits per heavy atom. The number of hydrogen-bond donors (Lipinski definition) is 1. The summed E-state index contributed by atoms with van der Waals surface area (Å²) < 4.78 is 0. The molecular weight excluding hydrogens is 234 g/mol. The lowest BCUT2D eigenvalue weighted by Crippen LogP contribution is -2.36. The van der Waals surface area contributed by atoms with Gasteiger partial charge in [-0.15, -0.1) is 11.3 Å². The van der Waals surface area contributed by atoms with Crippen molar-refractivity contribution in [2.24, 2.45) is 0 Å². The highest BCUT2D eigenvalue weighted by Gasteiger charge is 2.15. The maximum atomic E-state index is 11.8. The van der Waals surface area contributed by atoms with E-state index in [2.05, 4.69) is 15.2 Å². The summed E-state index contributed by atoms with van der Waals surface area (Å²) in [4.78, 5) is 19.5. The highest BCUT2D eigenvalue weighted by Crippen LogP contribution is 2.21. The lowest BCUT2D eigenvalue weighted by molar-refractivity contribution is -0.117. The van der Waals surface area contributed by atoms with Crippen LogP contribution >= 0.6 is 11.3 Å². The minimum atomic E-state index is 0.0562. The lowest BCUT2D eigenvalue weighted by atomic mass is 10.1. The Hall–Kier alpha value is -0.940. The Morgan fingerprint density at radius 1 is 1.35 bits per heavy atom. The van der Waals surface area contributed by atoms with Gasteiger partial charge in [-0.2, -0.15) is 0 Å². The maximum absolute atomic E-state index is 11.8. The highest BCUT2D eigenvalue weighted by atomic mass is 32.1. The average molecular weight is 253 g/mol. The molecule has 1 amide bonds. The Morgan fingerprint density at radius 3 is 2.65 bits per heavy atom. The van der Waals surface area contributed by atoms with Crippen LogP contribution in [0.25, 0.3) is 0 Å². The number of nitrogens with zero attached hydrogens (tertiary/aromatic N) is 2. The van der Waals surface area contributed by atoms with Crippen molar-refractivity contribution in [3.63, 3.8) is 0 Å². The van der Waals surface area contributed by atoms with Crippen LogP contribution in [0.2, 0.25) is 0 Å². The van der Waals surface area contributed by atoms with Gasteiger partial charge < -0.3 is 5.32 Å². The molecule has 0 radical (unpaired) electrons. The van der Waals surface area contributed by atoms with E-state index >= 15 is 0 Å². The van der Waals surface area contributed by atoms with Gasteiger partial charge in [-0.05, 0) is 39.8 Å². The minimum Gasteiger partial charge on any atom is -0.301 e. The fraction of sp³-hybridized carbons (Fsp3) is 0.667. The quantitative estimate of drug-likeness (QED) is 0.898. The number of amides is 1. The summed E-state index contributed by atoms with van der Waals surface area (Å²) in [6, 6.07) is 0. The largest absolute Gasteiger partial charge is 0.301 e. The molecule has 1 aromatic heterocycles. The van der Waals surface area contributed by atoms with Crippen LogP contribution in [0, 0.1) is 13.8 Å². The predicted molar refractivity (Wildman–Crippen MR) is 70.5 cm³/mol. The number of hydrogen-bond acceptors (Lipinski definition) is 4. The second-order valence-electron chi connectivity index (χ2n) is 4.55. The molecule has 4 nitrogen and oxygen atoms in total. The number of aryl methyl sites for hydroxylation is 2. The monoisotopic (exact) mass is 253 g/mol. The Labute approximate surface area is 106 Å². The standard InChI is InChI=1S/C12H19N3OS/c1-9-10(2)17-12(13-9)14-11(16)8-15-6-4-3-5-7-15/h3-8H2,1-2H3,(H,13,14,16). The number of nitrogens with one attached hydrogen (secondary N) is 1. The molecule has 0 bridgehead atoms. The van der Waals surface area contributed by atoms with E-state index in [0.717, 1.165) is 23.9 Å². The smallest absolute Gasteiger partial charge is 0.240 e. The Bertz CT molecular complexity index is 377. The van der Waals surface area contributed by atoms with Crippen molar-refractivity contribution < 1.29 is 4.79 Å². The number of rotatable bonds is 3. The summed E-state index contributed by atoms with van der Waals surface area (Å²) in [6.45, 7) is 6.57. The Kier molecular flexibility index (Phi) is 4.12. The van der Waals surface area contributed by atoms with Gasteiger partial charge in [0.2, 0.25) is 5.91 Å². The van der Waals surface area contributed by atoms with Gasteiger partial charge in [0.25, 0.3) is 0 Å². The first-order valence-electron chi connectivity index (χ1n) is 6.11. The molecule has 2 rings (SSSR count). The van der Waals surface area contributed by atoms with Crippen LogP contribution in [-0.2, 0) is 4.79 Å². The van der Waals surface area contributed by atoms with Crippen molar-refractivity contribution >= 4 is 22.4 Å². The van der Waals surface area contributed by atoms with Crippen molar-refractivity contribution in [3.05, 3.63) is 10.6 Å². The van der Waals surface area contributed by atoms with E-state index in [9.17, 15) is 4.79 Å². The average Bonchev–Trinajstić information content (AvgIpc) is 2.59. The zero-order valence-corrected chi connectivity index (χ0v) is 11.3. The fourth-order valence-corrected chi connectivity index (χ4v) is 2.84. The predicted octanol–water partition coefficient (Wildman–Crippen LogP) is 2.18. The van der Waals surface area contributed by atoms with Gasteiger partial charge in [-0.25, -0.2) is 4.98 Å². The molecule has 0 aromatic carbocycles. The van der Waals surface area contributed by atoms with Crippen molar-refractivity contribution in [2.75, 3.05) is 25.0 Å². The summed E-state index contributed by atoms with van der Waals surface area (Å²) in [7, 11) is 0. The molecule has 5 heteroatoms. The van der Waals surface area contributed by atoms with Crippen LogP contribution in [0.4, 0.5) is 5.13 Å². The van der Waals surface area contributed by atoms with Gasteiger partial charge in [-0.1, -0.05) is 6.42 Å². The van der Waals surface area contributed by atoms with E-state index in [4.69, 9.17) is 0 Å². The van der Waals surface area contributed by atoms with Crippen molar-refractivity contribution in [1.82, 2.24) is 9.88 Å². The molecule has 1 aromatic rings. The van der Waals surface area contributed by atoms with Crippen LogP contribution in [-0.4, -0.2) is 35.4 Å². The molecule has 1 aliphatic heterocycles. The van der Waals surface area contributed by atoms with Gasteiger partial charge in [0.1, 0.15) is 0 Å². The van der Waals surface area contributed by atoms with Gasteiger partial charge in [-0.3, -0.25) is 9.69 Å². The molecule has 1 N–H and O–H groups in total. The number of carbonyl (C=O) groups excluding carboxylic acids is 1. The zero-order valence-electron chi connectivity index (χ0n) is 10.5. The highest BCUT2D eigenvalue weighted by molar-refractivity contribution is 7.15. The van der Waals surface area contributed by atoms with Crippen LogP contribution in [0.5, 0.6) is 0 Å². The van der Waals surface area contributed by atoms with Gasteiger partial charge in [0.05, 0.1) is 12.2 Å². The SMILES string of the molecule is Cc1nc(NC(=O)CN2CCCCC2)sc1C. The summed E-state index contributed by atoms with van der Waals surface area (Å²) in [5.41, 5.74) is 1.00. The van der Waals surface area contributed by atoms with Crippen LogP contribution in [0.1, 0.15) is 29.8 Å². The molecular formula is C12H19N3OS.